The Labute approximate surface area is 136 Å². The van der Waals surface area contributed by atoms with Crippen LogP contribution in [0.25, 0.3) is 0 Å². The van der Waals surface area contributed by atoms with Gasteiger partial charge in [-0.3, -0.25) is 0 Å². The predicted octanol–water partition coefficient (Wildman–Crippen LogP) is 4.94. The second-order valence-corrected chi connectivity index (χ2v) is 6.17. The monoisotopic (exact) mass is 397 g/mol. The summed E-state index contributed by atoms with van der Waals surface area (Å²) in [6, 6.07) is 16.2. The van der Waals surface area contributed by atoms with Crippen LogP contribution in [0.4, 0.5) is 0 Å². The fourth-order valence-corrected chi connectivity index (χ4v) is 3.04. The molecular formula is C16H17Br2NO. The number of hydrogen-bond donors (Lipinski definition) is 1. The fraction of sp³-hybridized carbons (Fsp3) is 0.250. The summed E-state index contributed by atoms with van der Waals surface area (Å²) in [5.41, 5.74) is 1.17. The molecule has 4 heteroatoms. The van der Waals surface area contributed by atoms with Crippen molar-refractivity contribution in [1.82, 2.24) is 5.32 Å². The summed E-state index contributed by atoms with van der Waals surface area (Å²) in [5, 5.41) is 3.35. The SMILES string of the molecule is CCNCC(Oc1ccc(Br)cc1Br)c1ccccc1. The van der Waals surface area contributed by atoms with E-state index in [9.17, 15) is 0 Å². The van der Waals surface area contributed by atoms with Gasteiger partial charge in [0.25, 0.3) is 0 Å². The quantitative estimate of drug-likeness (QED) is 0.743. The van der Waals surface area contributed by atoms with Gasteiger partial charge in [-0.15, -0.1) is 0 Å². The zero-order chi connectivity index (χ0) is 14.4. The molecule has 0 heterocycles. The summed E-state index contributed by atoms with van der Waals surface area (Å²) < 4.78 is 8.13. The normalized spacial score (nSPS) is 12.2. The summed E-state index contributed by atoms with van der Waals surface area (Å²) >= 11 is 6.99. The molecule has 0 aliphatic heterocycles. The van der Waals surface area contributed by atoms with Crippen molar-refractivity contribution in [2.75, 3.05) is 13.1 Å². The van der Waals surface area contributed by atoms with Gasteiger partial charge in [-0.05, 0) is 46.2 Å². The molecule has 0 spiro atoms. The average molecular weight is 399 g/mol. The van der Waals surface area contributed by atoms with Crippen molar-refractivity contribution in [2.24, 2.45) is 0 Å². The number of hydrogen-bond acceptors (Lipinski definition) is 2. The van der Waals surface area contributed by atoms with Gasteiger partial charge < -0.3 is 10.1 Å². The first-order valence-electron chi connectivity index (χ1n) is 6.58. The number of rotatable bonds is 6. The molecule has 0 radical (unpaired) electrons. The number of benzene rings is 2. The van der Waals surface area contributed by atoms with Crippen LogP contribution in [0.3, 0.4) is 0 Å². The Kier molecular flexibility index (Phi) is 6.07. The summed E-state index contributed by atoms with van der Waals surface area (Å²) in [6.45, 7) is 3.80. The molecule has 0 aliphatic rings. The second-order valence-electron chi connectivity index (χ2n) is 4.40. The molecule has 2 aromatic rings. The molecule has 1 unspecified atom stereocenters. The van der Waals surface area contributed by atoms with Gasteiger partial charge in [-0.2, -0.15) is 0 Å². The summed E-state index contributed by atoms with van der Waals surface area (Å²) in [5.74, 6) is 0.847. The molecule has 1 atom stereocenters. The zero-order valence-electron chi connectivity index (χ0n) is 11.3. The molecule has 0 saturated carbocycles. The Bertz CT molecular complexity index is 545. The van der Waals surface area contributed by atoms with Gasteiger partial charge in [0.05, 0.1) is 4.47 Å². The highest BCUT2D eigenvalue weighted by Crippen LogP contribution is 2.31. The van der Waals surface area contributed by atoms with Crippen LogP contribution in [0.1, 0.15) is 18.6 Å². The fourth-order valence-electron chi connectivity index (χ4n) is 1.89. The maximum atomic E-state index is 6.16. The molecule has 0 bridgehead atoms. The van der Waals surface area contributed by atoms with Crippen molar-refractivity contribution < 1.29 is 4.74 Å². The minimum atomic E-state index is -0.00590. The van der Waals surface area contributed by atoms with Gasteiger partial charge >= 0.3 is 0 Å². The highest BCUT2D eigenvalue weighted by Gasteiger charge is 2.14. The van der Waals surface area contributed by atoms with E-state index in [0.29, 0.717) is 0 Å². The number of nitrogens with one attached hydrogen (secondary N) is 1. The lowest BCUT2D eigenvalue weighted by atomic mass is 10.1. The van der Waals surface area contributed by atoms with E-state index in [2.05, 4.69) is 56.2 Å². The smallest absolute Gasteiger partial charge is 0.136 e. The van der Waals surface area contributed by atoms with E-state index in [0.717, 1.165) is 27.8 Å². The lowest BCUT2D eigenvalue weighted by Crippen LogP contribution is -2.25. The molecule has 0 aliphatic carbocycles. The predicted molar refractivity (Wildman–Crippen MR) is 90.2 cm³/mol. The van der Waals surface area contributed by atoms with Crippen molar-refractivity contribution in [3.8, 4) is 5.75 Å². The van der Waals surface area contributed by atoms with Crippen LogP contribution in [0.2, 0.25) is 0 Å². The maximum absolute atomic E-state index is 6.16. The summed E-state index contributed by atoms with van der Waals surface area (Å²) in [7, 11) is 0. The molecule has 2 rings (SSSR count). The van der Waals surface area contributed by atoms with Crippen molar-refractivity contribution in [1.29, 1.82) is 0 Å². The largest absolute Gasteiger partial charge is 0.483 e. The van der Waals surface area contributed by atoms with E-state index < -0.39 is 0 Å². The lowest BCUT2D eigenvalue weighted by Gasteiger charge is -2.21. The van der Waals surface area contributed by atoms with Crippen LogP contribution in [-0.2, 0) is 0 Å². The lowest BCUT2D eigenvalue weighted by molar-refractivity contribution is 0.201. The first-order chi connectivity index (χ1) is 9.70. The van der Waals surface area contributed by atoms with Crippen molar-refractivity contribution in [3.63, 3.8) is 0 Å². The molecule has 106 valence electrons. The average Bonchev–Trinajstić information content (AvgIpc) is 2.46. The molecule has 0 aromatic heterocycles. The highest BCUT2D eigenvalue weighted by molar-refractivity contribution is 9.11. The highest BCUT2D eigenvalue weighted by atomic mass is 79.9. The standard InChI is InChI=1S/C16H17Br2NO/c1-2-19-11-16(12-6-4-3-5-7-12)20-15-9-8-13(17)10-14(15)18/h3-10,16,19H,2,11H2,1H3. The molecule has 2 aromatic carbocycles. The third-order valence-electron chi connectivity index (χ3n) is 2.91. The summed E-state index contributed by atoms with van der Waals surface area (Å²) in [4.78, 5) is 0. The van der Waals surface area contributed by atoms with E-state index in [4.69, 9.17) is 4.74 Å². The van der Waals surface area contributed by atoms with Crippen LogP contribution < -0.4 is 10.1 Å². The van der Waals surface area contributed by atoms with Gasteiger partial charge in [-0.25, -0.2) is 0 Å². The Balaban J connectivity index is 2.19. The summed E-state index contributed by atoms with van der Waals surface area (Å²) in [6.07, 6.45) is -0.00590. The molecular weight excluding hydrogens is 382 g/mol. The van der Waals surface area contributed by atoms with Gasteiger partial charge in [0.1, 0.15) is 11.9 Å². The van der Waals surface area contributed by atoms with E-state index >= 15 is 0 Å². The first kappa shape index (κ1) is 15.5. The molecule has 1 N–H and O–H groups in total. The Hall–Kier alpha value is -0.840. The molecule has 2 nitrogen and oxygen atoms in total. The molecule has 20 heavy (non-hydrogen) atoms. The van der Waals surface area contributed by atoms with Crippen molar-refractivity contribution >= 4 is 31.9 Å². The van der Waals surface area contributed by atoms with Crippen molar-refractivity contribution in [3.05, 3.63) is 63.0 Å². The number of likely N-dealkylation sites (N-methyl/N-ethyl adjacent to an activating group) is 1. The van der Waals surface area contributed by atoms with Crippen LogP contribution >= 0.6 is 31.9 Å². The van der Waals surface area contributed by atoms with Crippen LogP contribution in [0.15, 0.2) is 57.5 Å². The van der Waals surface area contributed by atoms with E-state index in [1.54, 1.807) is 0 Å². The molecule has 0 saturated heterocycles. The second kappa shape index (κ2) is 7.81. The Morgan fingerprint density at radius 1 is 1.10 bits per heavy atom. The molecule has 0 amide bonds. The van der Waals surface area contributed by atoms with Crippen LogP contribution in [0.5, 0.6) is 5.75 Å². The molecule has 0 fully saturated rings. The van der Waals surface area contributed by atoms with Crippen molar-refractivity contribution in [2.45, 2.75) is 13.0 Å². The van der Waals surface area contributed by atoms with Gasteiger partial charge in [-0.1, -0.05) is 53.2 Å². The third kappa shape index (κ3) is 4.33. The topological polar surface area (TPSA) is 21.3 Å². The van der Waals surface area contributed by atoms with Gasteiger partial charge in [0.15, 0.2) is 0 Å². The van der Waals surface area contributed by atoms with Crippen LogP contribution in [0, 0.1) is 0 Å². The van der Waals surface area contributed by atoms with E-state index in [-0.39, 0.29) is 6.10 Å². The van der Waals surface area contributed by atoms with E-state index in [1.807, 2.05) is 36.4 Å². The van der Waals surface area contributed by atoms with Crippen LogP contribution in [-0.4, -0.2) is 13.1 Å². The first-order valence-corrected chi connectivity index (χ1v) is 8.16. The Morgan fingerprint density at radius 2 is 1.85 bits per heavy atom. The minimum Gasteiger partial charge on any atom is -0.483 e. The maximum Gasteiger partial charge on any atom is 0.136 e. The van der Waals surface area contributed by atoms with E-state index in [1.165, 1.54) is 5.56 Å². The Morgan fingerprint density at radius 3 is 2.50 bits per heavy atom. The minimum absolute atomic E-state index is 0.00590. The zero-order valence-corrected chi connectivity index (χ0v) is 14.4. The van der Waals surface area contributed by atoms with Gasteiger partial charge in [0, 0.05) is 11.0 Å². The number of ether oxygens (including phenoxy) is 1. The van der Waals surface area contributed by atoms with Gasteiger partial charge in [0.2, 0.25) is 0 Å². The number of halogens is 2. The third-order valence-corrected chi connectivity index (χ3v) is 4.03.